The van der Waals surface area contributed by atoms with E-state index in [9.17, 15) is 9.59 Å². The second kappa shape index (κ2) is 7.80. The first-order valence-corrected chi connectivity index (χ1v) is 9.73. The molecule has 0 aliphatic rings. The first-order valence-electron chi connectivity index (χ1n) is 6.83. The lowest BCUT2D eigenvalue weighted by molar-refractivity contribution is -0.147. The van der Waals surface area contributed by atoms with Gasteiger partial charge in [-0.3, -0.25) is 4.79 Å². The average molecular weight is 288 g/mol. The number of methoxy groups -OCH3 is 1. The summed E-state index contributed by atoms with van der Waals surface area (Å²) < 4.78 is 10.6. The van der Waals surface area contributed by atoms with E-state index in [1.165, 1.54) is 7.11 Å². The van der Waals surface area contributed by atoms with E-state index in [-0.39, 0.29) is 5.04 Å². The van der Waals surface area contributed by atoms with Gasteiger partial charge in [0.25, 0.3) is 0 Å². The Morgan fingerprint density at radius 1 is 1.26 bits per heavy atom. The molecule has 112 valence electrons. The maximum absolute atomic E-state index is 11.2. The maximum Gasteiger partial charge on any atom is 0.315 e. The lowest BCUT2D eigenvalue weighted by Crippen LogP contribution is -2.40. The van der Waals surface area contributed by atoms with Crippen molar-refractivity contribution in [1.82, 2.24) is 0 Å². The molecule has 0 aromatic rings. The summed E-state index contributed by atoms with van der Waals surface area (Å²) in [5.41, 5.74) is 0. The molecular weight excluding hydrogens is 260 g/mol. The Balaban J connectivity index is 3.94. The minimum Gasteiger partial charge on any atom is -0.468 e. The average Bonchev–Trinajstić information content (AvgIpc) is 2.31. The van der Waals surface area contributed by atoms with Crippen molar-refractivity contribution in [2.45, 2.75) is 58.2 Å². The highest BCUT2D eigenvalue weighted by Crippen LogP contribution is 2.36. The number of hydrogen-bond acceptors (Lipinski definition) is 4. The van der Waals surface area contributed by atoms with Gasteiger partial charge in [-0.25, -0.2) is 0 Å². The standard InChI is InChI=1S/C14H28O4Si/c1-14(2,3)19(5,6)18-10-8-7-9-12(11-15)13(16)17-4/h11-12H,7-10H2,1-6H3. The van der Waals surface area contributed by atoms with Crippen molar-refractivity contribution in [2.75, 3.05) is 13.7 Å². The van der Waals surface area contributed by atoms with Crippen molar-refractivity contribution in [2.24, 2.45) is 5.92 Å². The molecule has 0 heterocycles. The molecule has 1 atom stereocenters. The summed E-state index contributed by atoms with van der Waals surface area (Å²) in [5, 5.41) is 0.213. The Morgan fingerprint density at radius 2 is 1.84 bits per heavy atom. The van der Waals surface area contributed by atoms with Gasteiger partial charge in [0.1, 0.15) is 12.2 Å². The van der Waals surface area contributed by atoms with Crippen molar-refractivity contribution in [1.29, 1.82) is 0 Å². The van der Waals surface area contributed by atoms with Crippen LogP contribution in [0.15, 0.2) is 0 Å². The molecule has 4 nitrogen and oxygen atoms in total. The first-order chi connectivity index (χ1) is 8.65. The van der Waals surface area contributed by atoms with Crippen molar-refractivity contribution in [3.05, 3.63) is 0 Å². The van der Waals surface area contributed by atoms with E-state index in [1.807, 2.05) is 0 Å². The third kappa shape index (κ3) is 6.34. The van der Waals surface area contributed by atoms with Gasteiger partial charge in [0.05, 0.1) is 7.11 Å². The molecule has 0 radical (unpaired) electrons. The summed E-state index contributed by atoms with van der Waals surface area (Å²) in [5.74, 6) is -1.07. The van der Waals surface area contributed by atoms with Gasteiger partial charge in [0.2, 0.25) is 0 Å². The first kappa shape index (κ1) is 18.3. The molecule has 0 bridgehead atoms. The van der Waals surface area contributed by atoms with Crippen molar-refractivity contribution >= 4 is 20.6 Å². The van der Waals surface area contributed by atoms with Crippen LogP contribution >= 0.6 is 0 Å². The Morgan fingerprint density at radius 3 is 2.26 bits per heavy atom. The van der Waals surface area contributed by atoms with E-state index < -0.39 is 20.2 Å². The molecule has 0 rings (SSSR count). The fraction of sp³-hybridized carbons (Fsp3) is 0.857. The molecule has 19 heavy (non-hydrogen) atoms. The molecule has 0 fully saturated rings. The van der Waals surface area contributed by atoms with E-state index in [0.29, 0.717) is 19.3 Å². The van der Waals surface area contributed by atoms with Gasteiger partial charge in [-0.1, -0.05) is 20.8 Å². The summed E-state index contributed by atoms with van der Waals surface area (Å²) >= 11 is 0. The van der Waals surface area contributed by atoms with Gasteiger partial charge in [-0.05, 0) is 37.4 Å². The number of carbonyl (C=O) groups is 2. The van der Waals surface area contributed by atoms with Crippen LogP contribution in [0.5, 0.6) is 0 Å². The molecule has 0 N–H and O–H groups in total. The van der Waals surface area contributed by atoms with Gasteiger partial charge in [0.15, 0.2) is 8.32 Å². The Labute approximate surface area is 118 Å². The smallest absolute Gasteiger partial charge is 0.315 e. The van der Waals surface area contributed by atoms with Crippen LogP contribution < -0.4 is 0 Å². The van der Waals surface area contributed by atoms with E-state index >= 15 is 0 Å². The van der Waals surface area contributed by atoms with Gasteiger partial charge < -0.3 is 14.0 Å². The Kier molecular flexibility index (Phi) is 7.52. The van der Waals surface area contributed by atoms with Crippen molar-refractivity contribution in [3.63, 3.8) is 0 Å². The molecular formula is C14H28O4Si. The summed E-state index contributed by atoms with van der Waals surface area (Å²) in [4.78, 5) is 22.0. The Bertz CT molecular complexity index is 294. The number of carbonyl (C=O) groups excluding carboxylic acids is 2. The van der Waals surface area contributed by atoms with Crippen LogP contribution in [0, 0.1) is 5.92 Å². The fourth-order valence-corrected chi connectivity index (χ4v) is 2.49. The van der Waals surface area contributed by atoms with Gasteiger partial charge >= 0.3 is 5.97 Å². The minimum absolute atomic E-state index is 0.213. The number of ether oxygens (including phenoxy) is 1. The molecule has 0 aromatic heterocycles. The van der Waals surface area contributed by atoms with Crippen LogP contribution in [0.25, 0.3) is 0 Å². The minimum atomic E-state index is -1.68. The number of rotatable bonds is 8. The predicted molar refractivity (Wildman–Crippen MR) is 78.6 cm³/mol. The van der Waals surface area contributed by atoms with Gasteiger partial charge in [-0.2, -0.15) is 0 Å². The van der Waals surface area contributed by atoms with Crippen LogP contribution in [0.2, 0.25) is 18.1 Å². The molecule has 0 saturated heterocycles. The fourth-order valence-electron chi connectivity index (χ4n) is 1.40. The normalized spacial score (nSPS) is 14.0. The molecule has 0 aromatic carbocycles. The highest BCUT2D eigenvalue weighted by molar-refractivity contribution is 6.74. The van der Waals surface area contributed by atoms with Gasteiger partial charge in [-0.15, -0.1) is 0 Å². The number of hydrogen-bond donors (Lipinski definition) is 0. The van der Waals surface area contributed by atoms with Crippen molar-refractivity contribution < 1.29 is 18.8 Å². The van der Waals surface area contributed by atoms with E-state index in [4.69, 9.17) is 4.43 Å². The zero-order valence-electron chi connectivity index (χ0n) is 13.1. The topological polar surface area (TPSA) is 52.6 Å². The van der Waals surface area contributed by atoms with E-state index in [2.05, 4.69) is 38.6 Å². The van der Waals surface area contributed by atoms with Crippen molar-refractivity contribution in [3.8, 4) is 0 Å². The summed E-state index contributed by atoms with van der Waals surface area (Å²) in [7, 11) is -0.375. The summed E-state index contributed by atoms with van der Waals surface area (Å²) in [6.07, 6.45) is 2.87. The molecule has 1 unspecified atom stereocenters. The third-order valence-electron chi connectivity index (χ3n) is 3.85. The molecule has 0 saturated carbocycles. The number of aldehydes is 1. The predicted octanol–water partition coefficient (Wildman–Crippen LogP) is 3.17. The quantitative estimate of drug-likeness (QED) is 0.226. The highest BCUT2D eigenvalue weighted by Gasteiger charge is 2.36. The second-order valence-electron chi connectivity index (χ2n) is 6.37. The van der Waals surface area contributed by atoms with Crippen LogP contribution in [-0.4, -0.2) is 34.3 Å². The van der Waals surface area contributed by atoms with Crippen LogP contribution in [-0.2, 0) is 18.8 Å². The summed E-state index contributed by atoms with van der Waals surface area (Å²) in [6, 6.07) is 0. The summed E-state index contributed by atoms with van der Waals surface area (Å²) in [6.45, 7) is 11.8. The maximum atomic E-state index is 11.2. The van der Waals surface area contributed by atoms with E-state index in [1.54, 1.807) is 0 Å². The zero-order valence-corrected chi connectivity index (χ0v) is 14.1. The van der Waals surface area contributed by atoms with Crippen LogP contribution in [0.4, 0.5) is 0 Å². The lowest BCUT2D eigenvalue weighted by atomic mass is 10.0. The highest BCUT2D eigenvalue weighted by atomic mass is 28.4. The van der Waals surface area contributed by atoms with Crippen LogP contribution in [0.1, 0.15) is 40.0 Å². The number of unbranched alkanes of at least 4 members (excludes halogenated alkanes) is 1. The lowest BCUT2D eigenvalue weighted by Gasteiger charge is -2.36. The van der Waals surface area contributed by atoms with Gasteiger partial charge in [0, 0.05) is 6.61 Å². The second-order valence-corrected chi connectivity index (χ2v) is 11.2. The zero-order chi connectivity index (χ0) is 15.1. The number of esters is 1. The molecule has 5 heteroatoms. The SMILES string of the molecule is COC(=O)C(C=O)CCCCO[Si](C)(C)C(C)(C)C. The third-order valence-corrected chi connectivity index (χ3v) is 8.38. The molecule has 0 spiro atoms. The van der Waals surface area contributed by atoms with Crippen LogP contribution in [0.3, 0.4) is 0 Å². The Hall–Kier alpha value is -0.683. The molecule has 0 aliphatic heterocycles. The monoisotopic (exact) mass is 288 g/mol. The molecule has 0 amide bonds. The van der Waals surface area contributed by atoms with E-state index in [0.717, 1.165) is 12.8 Å². The molecule has 0 aliphatic carbocycles. The largest absolute Gasteiger partial charge is 0.468 e.